The van der Waals surface area contributed by atoms with Gasteiger partial charge in [0.25, 0.3) is 5.91 Å². The summed E-state index contributed by atoms with van der Waals surface area (Å²) in [4.78, 5) is 12.6. The maximum Gasteiger partial charge on any atom is 0.252 e. The minimum absolute atomic E-state index is 0.00796. The van der Waals surface area contributed by atoms with Crippen molar-refractivity contribution in [2.75, 3.05) is 6.54 Å². The van der Waals surface area contributed by atoms with E-state index in [1.165, 1.54) is 24.3 Å². The molecule has 0 aromatic heterocycles. The van der Waals surface area contributed by atoms with Crippen LogP contribution < -0.4 is 5.32 Å². The summed E-state index contributed by atoms with van der Waals surface area (Å²) in [5.41, 5.74) is -0.866. The van der Waals surface area contributed by atoms with Gasteiger partial charge >= 0.3 is 0 Å². The second kappa shape index (κ2) is 7.62. The fraction of sp³-hybridized carbons (Fsp3) is 0.632. The Morgan fingerprint density at radius 3 is 2.54 bits per heavy atom. The first kappa shape index (κ1) is 18.9. The average Bonchev–Trinajstić information content (AvgIpc) is 2.52. The molecule has 0 radical (unpaired) electrons. The highest BCUT2D eigenvalue weighted by molar-refractivity contribution is 5.85. The number of halogens is 1. The molecule has 0 spiro atoms. The third kappa shape index (κ3) is 4.14. The zero-order valence-corrected chi connectivity index (χ0v) is 14.6. The standard InChI is InChI=1S/C19H28FNO3/c1-12(2)16-9-4-13(3)10-19(16,24)18(23)21-11-17(22)14-5-7-15(20)8-6-14/h5-8,12-13,16-17,22,24H,4,9-11H2,1-3H3,(H,21,23). The number of hydrogen-bond acceptors (Lipinski definition) is 3. The summed E-state index contributed by atoms with van der Waals surface area (Å²) in [5, 5.41) is 23.8. The molecular weight excluding hydrogens is 309 g/mol. The molecule has 134 valence electrons. The Kier molecular flexibility index (Phi) is 5.99. The predicted molar refractivity (Wildman–Crippen MR) is 90.7 cm³/mol. The normalized spacial score (nSPS) is 28.6. The van der Waals surface area contributed by atoms with Gasteiger partial charge in [-0.15, -0.1) is 0 Å². The zero-order chi connectivity index (χ0) is 17.9. The highest BCUT2D eigenvalue weighted by atomic mass is 19.1. The number of aliphatic hydroxyl groups excluding tert-OH is 1. The lowest BCUT2D eigenvalue weighted by Crippen LogP contribution is -2.56. The summed E-state index contributed by atoms with van der Waals surface area (Å²) in [6.07, 6.45) is 1.34. The summed E-state index contributed by atoms with van der Waals surface area (Å²) < 4.78 is 12.9. The number of nitrogens with one attached hydrogen (secondary N) is 1. The Balaban J connectivity index is 2.02. The minimum Gasteiger partial charge on any atom is -0.387 e. The van der Waals surface area contributed by atoms with E-state index in [0.29, 0.717) is 12.0 Å². The second-order valence-electron chi connectivity index (χ2n) is 7.44. The van der Waals surface area contributed by atoms with Crippen LogP contribution in [0.2, 0.25) is 0 Å². The van der Waals surface area contributed by atoms with Crippen molar-refractivity contribution in [3.8, 4) is 0 Å². The molecule has 1 amide bonds. The van der Waals surface area contributed by atoms with Gasteiger partial charge in [0.1, 0.15) is 11.4 Å². The van der Waals surface area contributed by atoms with Crippen molar-refractivity contribution in [3.05, 3.63) is 35.6 Å². The van der Waals surface area contributed by atoms with Crippen LogP contribution in [0.5, 0.6) is 0 Å². The van der Waals surface area contributed by atoms with E-state index in [0.717, 1.165) is 12.8 Å². The summed E-state index contributed by atoms with van der Waals surface area (Å²) >= 11 is 0. The lowest BCUT2D eigenvalue weighted by atomic mass is 9.66. The van der Waals surface area contributed by atoms with E-state index >= 15 is 0 Å². The van der Waals surface area contributed by atoms with Gasteiger partial charge in [-0.1, -0.05) is 39.3 Å². The van der Waals surface area contributed by atoms with Gasteiger partial charge in [0, 0.05) is 6.54 Å². The van der Waals surface area contributed by atoms with E-state index in [1.807, 2.05) is 20.8 Å². The third-order valence-electron chi connectivity index (χ3n) is 5.15. The van der Waals surface area contributed by atoms with Crippen LogP contribution in [0.3, 0.4) is 0 Å². The topological polar surface area (TPSA) is 69.6 Å². The third-order valence-corrected chi connectivity index (χ3v) is 5.15. The van der Waals surface area contributed by atoms with Crippen LogP contribution in [0.4, 0.5) is 4.39 Å². The largest absolute Gasteiger partial charge is 0.387 e. The number of benzene rings is 1. The van der Waals surface area contributed by atoms with Crippen molar-refractivity contribution in [1.82, 2.24) is 5.32 Å². The molecule has 0 aliphatic heterocycles. The number of hydrogen-bond donors (Lipinski definition) is 3. The molecule has 1 fully saturated rings. The van der Waals surface area contributed by atoms with Gasteiger partial charge in [-0.3, -0.25) is 4.79 Å². The first-order valence-corrected chi connectivity index (χ1v) is 8.68. The fourth-order valence-electron chi connectivity index (χ4n) is 3.78. The number of rotatable bonds is 5. The Hall–Kier alpha value is -1.46. The SMILES string of the molecule is CC1CCC(C(C)C)C(O)(C(=O)NCC(O)c2ccc(F)cc2)C1. The lowest BCUT2D eigenvalue weighted by Gasteiger charge is -2.43. The maximum absolute atomic E-state index is 12.9. The maximum atomic E-state index is 12.9. The van der Waals surface area contributed by atoms with Crippen molar-refractivity contribution in [1.29, 1.82) is 0 Å². The number of carbonyl (C=O) groups is 1. The van der Waals surface area contributed by atoms with Gasteiger partial charge in [0.05, 0.1) is 6.10 Å². The van der Waals surface area contributed by atoms with Gasteiger partial charge in [0.15, 0.2) is 0 Å². The summed E-state index contributed by atoms with van der Waals surface area (Å²) in [7, 11) is 0. The summed E-state index contributed by atoms with van der Waals surface area (Å²) in [6, 6.07) is 5.51. The van der Waals surface area contributed by atoms with Crippen LogP contribution in [0.15, 0.2) is 24.3 Å². The van der Waals surface area contributed by atoms with Gasteiger partial charge in [-0.05, 0) is 48.3 Å². The van der Waals surface area contributed by atoms with Crippen LogP contribution >= 0.6 is 0 Å². The van der Waals surface area contributed by atoms with Crippen LogP contribution in [-0.2, 0) is 4.79 Å². The Morgan fingerprint density at radius 2 is 1.96 bits per heavy atom. The molecule has 1 aliphatic rings. The van der Waals surface area contributed by atoms with Gasteiger partial charge in [-0.2, -0.15) is 0 Å². The molecule has 3 N–H and O–H groups in total. The fourth-order valence-corrected chi connectivity index (χ4v) is 3.78. The van der Waals surface area contributed by atoms with Crippen LogP contribution in [0.1, 0.15) is 51.7 Å². The van der Waals surface area contributed by atoms with Gasteiger partial charge < -0.3 is 15.5 Å². The van der Waals surface area contributed by atoms with E-state index in [4.69, 9.17) is 0 Å². The zero-order valence-electron chi connectivity index (χ0n) is 14.6. The average molecular weight is 337 g/mol. The molecule has 4 nitrogen and oxygen atoms in total. The number of amides is 1. The lowest BCUT2D eigenvalue weighted by molar-refractivity contribution is -0.156. The van der Waals surface area contributed by atoms with Gasteiger partial charge in [-0.25, -0.2) is 4.39 Å². The van der Waals surface area contributed by atoms with Crippen LogP contribution in [-0.4, -0.2) is 28.3 Å². The van der Waals surface area contributed by atoms with E-state index in [2.05, 4.69) is 5.32 Å². The Morgan fingerprint density at radius 1 is 1.33 bits per heavy atom. The molecule has 1 aliphatic carbocycles. The Bertz CT molecular complexity index is 560. The van der Waals surface area contributed by atoms with E-state index in [9.17, 15) is 19.4 Å². The van der Waals surface area contributed by atoms with Crippen molar-refractivity contribution in [2.45, 2.75) is 51.7 Å². The molecule has 0 saturated heterocycles. The van der Waals surface area contributed by atoms with Crippen molar-refractivity contribution >= 4 is 5.91 Å². The molecule has 1 aromatic rings. The molecular formula is C19H28FNO3. The predicted octanol–water partition coefficient (Wildman–Crippen LogP) is 2.80. The summed E-state index contributed by atoms with van der Waals surface area (Å²) in [6.45, 7) is 6.08. The molecule has 0 heterocycles. The molecule has 1 saturated carbocycles. The van der Waals surface area contributed by atoms with Crippen molar-refractivity contribution < 1.29 is 19.4 Å². The molecule has 5 heteroatoms. The first-order valence-electron chi connectivity index (χ1n) is 8.68. The minimum atomic E-state index is -1.39. The molecule has 0 bridgehead atoms. The highest BCUT2D eigenvalue weighted by Crippen LogP contribution is 2.41. The quantitative estimate of drug-likeness (QED) is 0.774. The molecule has 24 heavy (non-hydrogen) atoms. The van der Waals surface area contributed by atoms with Gasteiger partial charge in [0.2, 0.25) is 0 Å². The van der Waals surface area contributed by atoms with Crippen LogP contribution in [0, 0.1) is 23.6 Å². The van der Waals surface area contributed by atoms with E-state index in [-0.39, 0.29) is 30.1 Å². The number of aliphatic hydroxyl groups is 2. The van der Waals surface area contributed by atoms with Crippen molar-refractivity contribution in [2.24, 2.45) is 17.8 Å². The van der Waals surface area contributed by atoms with E-state index in [1.54, 1.807) is 0 Å². The summed E-state index contributed by atoms with van der Waals surface area (Å²) in [5.74, 6) is -0.390. The van der Waals surface area contributed by atoms with Crippen LogP contribution in [0.25, 0.3) is 0 Å². The molecule has 4 unspecified atom stereocenters. The molecule has 4 atom stereocenters. The molecule has 1 aromatic carbocycles. The monoisotopic (exact) mass is 337 g/mol. The smallest absolute Gasteiger partial charge is 0.252 e. The van der Waals surface area contributed by atoms with E-state index < -0.39 is 17.6 Å². The Labute approximate surface area is 143 Å². The first-order chi connectivity index (χ1) is 11.2. The molecule has 2 rings (SSSR count). The second-order valence-corrected chi connectivity index (χ2v) is 7.44. The van der Waals surface area contributed by atoms with Crippen molar-refractivity contribution in [3.63, 3.8) is 0 Å². The number of carbonyl (C=O) groups excluding carboxylic acids is 1. The highest BCUT2D eigenvalue weighted by Gasteiger charge is 2.48.